The maximum Gasteiger partial charge on any atom is 0.484 e. The van der Waals surface area contributed by atoms with Gasteiger partial charge < -0.3 is 9.63 Å². The van der Waals surface area contributed by atoms with Crippen LogP contribution in [0.3, 0.4) is 0 Å². The number of phosphoric ester groups is 1. The number of hydrogen-bond donors (Lipinski definition) is 1. The third kappa shape index (κ3) is 6.65. The molecule has 104 valence electrons. The van der Waals surface area contributed by atoms with Crippen molar-refractivity contribution in [3.05, 3.63) is 29.6 Å². The molecule has 0 aromatic heterocycles. The van der Waals surface area contributed by atoms with E-state index in [0.29, 0.717) is 0 Å². The van der Waals surface area contributed by atoms with E-state index in [1.165, 1.54) is 35.1 Å². The summed E-state index contributed by atoms with van der Waals surface area (Å²) in [5.74, 6) is -0.620. The molecule has 0 radical (unpaired) electrons. The van der Waals surface area contributed by atoms with Gasteiger partial charge in [0.25, 0.3) is 0 Å². The summed E-state index contributed by atoms with van der Waals surface area (Å²) >= 11 is 1.23. The molecule has 0 spiro atoms. The van der Waals surface area contributed by atoms with Gasteiger partial charge in [-0.05, 0) is 24.6 Å². The van der Waals surface area contributed by atoms with Gasteiger partial charge in [0.1, 0.15) is 23.0 Å². The molecule has 0 bridgehead atoms. The van der Waals surface area contributed by atoms with Crippen LogP contribution in [-0.2, 0) is 11.9 Å². The lowest BCUT2D eigenvalue weighted by Gasteiger charge is -2.10. The minimum atomic E-state index is -4.10. The van der Waals surface area contributed by atoms with Crippen LogP contribution < -0.4 is 4.74 Å². The Morgan fingerprint density at radius 1 is 1.44 bits per heavy atom. The zero-order valence-electron chi connectivity index (χ0n) is 10.2. The van der Waals surface area contributed by atoms with E-state index in [1.807, 2.05) is 13.8 Å². The first-order valence-electron chi connectivity index (χ1n) is 5.11. The van der Waals surface area contributed by atoms with Gasteiger partial charge >= 0.3 is 7.82 Å². The topological polar surface area (TPSA) is 65.0 Å². The van der Waals surface area contributed by atoms with E-state index in [0.717, 1.165) is 5.56 Å². The van der Waals surface area contributed by atoms with Gasteiger partial charge in [0.05, 0.1) is 0 Å². The van der Waals surface area contributed by atoms with E-state index in [2.05, 4.69) is 7.38 Å². The van der Waals surface area contributed by atoms with Crippen molar-refractivity contribution in [1.82, 2.24) is 0 Å². The first-order valence-corrected chi connectivity index (χ1v) is 7.49. The molecule has 1 unspecified atom stereocenters. The predicted octanol–water partition coefficient (Wildman–Crippen LogP) is 3.98. The van der Waals surface area contributed by atoms with E-state index in [1.54, 1.807) is 13.0 Å². The number of ether oxygens (including phenoxy) is 1. The molecule has 0 aliphatic heterocycles. The van der Waals surface area contributed by atoms with Gasteiger partial charge in [0.2, 0.25) is 6.79 Å². The fraction of sp³-hybridized carbons (Fsp3) is 0.400. The number of benzene rings is 1. The molecule has 18 heavy (non-hydrogen) atoms. The molecular formula is C10H15FIO5P. The Labute approximate surface area is 120 Å². The molecule has 1 atom stereocenters. The highest BCUT2D eigenvalue weighted by molar-refractivity contribution is 14.1. The minimum Gasteiger partial charge on any atom is -0.464 e. The van der Waals surface area contributed by atoms with Crippen LogP contribution in [0.15, 0.2) is 18.2 Å². The third-order valence-electron chi connectivity index (χ3n) is 1.60. The summed E-state index contributed by atoms with van der Waals surface area (Å²) < 4.78 is 37.3. The monoisotopic (exact) mass is 392 g/mol. The summed E-state index contributed by atoms with van der Waals surface area (Å²) in [4.78, 5) is 8.84. The molecule has 0 amide bonds. The lowest BCUT2D eigenvalue weighted by atomic mass is 10.2. The highest BCUT2D eigenvalue weighted by atomic mass is 127. The number of phosphoric acid groups is 1. The maximum absolute atomic E-state index is 13.2. The van der Waals surface area contributed by atoms with Crippen molar-refractivity contribution in [3.63, 3.8) is 0 Å². The Morgan fingerprint density at radius 2 is 2.06 bits per heavy atom. The van der Waals surface area contributed by atoms with Crippen molar-refractivity contribution in [2.75, 3.05) is 6.79 Å². The SMILES string of the molecule is CC.Cc1ccc(OCOP(=O)(O)OI)c(F)c1. The summed E-state index contributed by atoms with van der Waals surface area (Å²) in [5.41, 5.74) is 0.745. The van der Waals surface area contributed by atoms with Crippen molar-refractivity contribution >= 4 is 30.8 Å². The lowest BCUT2D eigenvalue weighted by molar-refractivity contribution is 0.0876. The van der Waals surface area contributed by atoms with Crippen LogP contribution in [0.4, 0.5) is 4.39 Å². The zero-order valence-corrected chi connectivity index (χ0v) is 13.3. The second-order valence-electron chi connectivity index (χ2n) is 2.86. The van der Waals surface area contributed by atoms with Crippen LogP contribution in [0, 0.1) is 12.7 Å². The van der Waals surface area contributed by atoms with E-state index in [4.69, 9.17) is 9.63 Å². The molecule has 1 aromatic rings. The number of hydrogen-bond acceptors (Lipinski definition) is 4. The molecule has 0 saturated carbocycles. The summed E-state index contributed by atoms with van der Waals surface area (Å²) in [7, 11) is -4.10. The van der Waals surface area contributed by atoms with Gasteiger partial charge in [-0.15, -0.1) is 0 Å². The van der Waals surface area contributed by atoms with E-state index < -0.39 is 20.4 Å². The normalized spacial score (nSPS) is 13.2. The molecule has 5 nitrogen and oxygen atoms in total. The van der Waals surface area contributed by atoms with Crippen LogP contribution in [0.2, 0.25) is 0 Å². The molecule has 0 aliphatic carbocycles. The zero-order chi connectivity index (χ0) is 14.2. The fourth-order valence-electron chi connectivity index (χ4n) is 0.899. The first-order chi connectivity index (χ1) is 8.44. The Balaban J connectivity index is 0.00000137. The lowest BCUT2D eigenvalue weighted by Crippen LogP contribution is -2.02. The molecule has 0 aliphatic rings. The van der Waals surface area contributed by atoms with E-state index in [-0.39, 0.29) is 5.75 Å². The van der Waals surface area contributed by atoms with Crippen molar-refractivity contribution in [1.29, 1.82) is 0 Å². The second-order valence-corrected chi connectivity index (χ2v) is 5.38. The molecule has 0 fully saturated rings. The third-order valence-corrected chi connectivity index (χ3v) is 3.70. The van der Waals surface area contributed by atoms with E-state index in [9.17, 15) is 8.96 Å². The standard InChI is InChI=1S/C8H9FIO5P.C2H6/c1-6-2-3-8(7(9)4-6)13-5-14-16(11,12)15-10;1-2/h2-4H,5H2,1H3,(H,11,12);1-2H3. The largest absolute Gasteiger partial charge is 0.484 e. The number of halogens is 2. The Bertz CT molecular complexity index is 415. The fourth-order valence-corrected chi connectivity index (χ4v) is 1.47. The molecule has 0 heterocycles. The average molecular weight is 392 g/mol. The van der Waals surface area contributed by atoms with Gasteiger partial charge in [-0.25, -0.2) is 16.3 Å². The van der Waals surface area contributed by atoms with Crippen LogP contribution >= 0.6 is 30.8 Å². The van der Waals surface area contributed by atoms with Gasteiger partial charge in [0.15, 0.2) is 11.6 Å². The number of aryl methyl sites for hydroxylation is 1. The highest BCUT2D eigenvalue weighted by Crippen LogP contribution is 2.45. The molecule has 0 saturated heterocycles. The Morgan fingerprint density at radius 3 is 2.56 bits per heavy atom. The van der Waals surface area contributed by atoms with Crippen LogP contribution in [0.5, 0.6) is 5.75 Å². The summed E-state index contributed by atoms with van der Waals surface area (Å²) in [6, 6.07) is 4.33. The van der Waals surface area contributed by atoms with Gasteiger partial charge in [-0.2, -0.15) is 0 Å². The molecular weight excluding hydrogens is 377 g/mol. The van der Waals surface area contributed by atoms with Crippen molar-refractivity contribution in [2.45, 2.75) is 20.8 Å². The van der Waals surface area contributed by atoms with Crippen LogP contribution in [-0.4, -0.2) is 11.7 Å². The summed E-state index contributed by atoms with van der Waals surface area (Å²) in [5, 5.41) is 0. The van der Waals surface area contributed by atoms with Crippen LogP contribution in [0.1, 0.15) is 19.4 Å². The van der Waals surface area contributed by atoms with Crippen LogP contribution in [0.25, 0.3) is 0 Å². The summed E-state index contributed by atoms with van der Waals surface area (Å²) in [6.45, 7) is 5.16. The van der Waals surface area contributed by atoms with E-state index >= 15 is 0 Å². The molecule has 1 N–H and O–H groups in total. The average Bonchev–Trinajstić information content (AvgIpc) is 2.34. The Kier molecular flexibility index (Phi) is 8.71. The molecule has 1 rings (SSSR count). The maximum atomic E-state index is 13.2. The van der Waals surface area contributed by atoms with Gasteiger partial charge in [0, 0.05) is 0 Å². The quantitative estimate of drug-likeness (QED) is 0.467. The Hall–Kier alpha value is -0.210. The van der Waals surface area contributed by atoms with Crippen molar-refractivity contribution in [3.8, 4) is 5.75 Å². The summed E-state index contributed by atoms with van der Waals surface area (Å²) in [6.07, 6.45) is 0. The van der Waals surface area contributed by atoms with Gasteiger partial charge in [-0.1, -0.05) is 19.9 Å². The first kappa shape index (κ1) is 17.8. The minimum absolute atomic E-state index is 0.0564. The van der Waals surface area contributed by atoms with Gasteiger partial charge in [-0.3, -0.25) is 0 Å². The molecule has 1 aromatic carbocycles. The number of rotatable bonds is 5. The predicted molar refractivity (Wildman–Crippen MR) is 74.0 cm³/mol. The second kappa shape index (κ2) is 8.82. The van der Waals surface area contributed by atoms with Crippen molar-refractivity contribution in [2.24, 2.45) is 0 Å². The molecule has 8 heteroatoms. The smallest absolute Gasteiger partial charge is 0.464 e. The highest BCUT2D eigenvalue weighted by Gasteiger charge is 2.20. The van der Waals surface area contributed by atoms with Crippen molar-refractivity contribution < 1.29 is 26.0 Å².